The van der Waals surface area contributed by atoms with Crippen LogP contribution in [0.4, 0.5) is 0 Å². The lowest BCUT2D eigenvalue weighted by atomic mass is 10.1. The molecule has 0 aliphatic rings. The minimum absolute atomic E-state index is 0.139. The van der Waals surface area contributed by atoms with Crippen molar-refractivity contribution in [2.45, 2.75) is 26.3 Å². The molecular weight excluding hydrogens is 310 g/mol. The summed E-state index contributed by atoms with van der Waals surface area (Å²) in [6.45, 7) is 5.34. The number of hydrogen-bond donors (Lipinski definition) is 0. The molecule has 0 aliphatic heterocycles. The summed E-state index contributed by atoms with van der Waals surface area (Å²) in [5.74, 6) is -0.0189. The van der Waals surface area contributed by atoms with Crippen LogP contribution in [0.15, 0.2) is 6.20 Å². The highest BCUT2D eigenvalue weighted by molar-refractivity contribution is 7.08. The third-order valence-corrected chi connectivity index (χ3v) is 4.05. The number of ketones is 1. The van der Waals surface area contributed by atoms with Gasteiger partial charge >= 0.3 is 0 Å². The second kappa shape index (κ2) is 6.64. The second-order valence-corrected chi connectivity index (χ2v) is 6.50. The van der Waals surface area contributed by atoms with Crippen molar-refractivity contribution >= 4 is 28.9 Å². The maximum absolute atomic E-state index is 12.8. The van der Waals surface area contributed by atoms with Gasteiger partial charge in [0.05, 0.1) is 23.5 Å². The first-order chi connectivity index (χ1) is 9.91. The molecule has 0 fully saturated rings. The fraction of sp³-hybridized carbons (Fsp3) is 0.538. The van der Waals surface area contributed by atoms with E-state index in [1.165, 1.54) is 6.20 Å². The van der Waals surface area contributed by atoms with E-state index in [1.54, 1.807) is 4.68 Å². The molecule has 0 saturated heterocycles. The highest BCUT2D eigenvalue weighted by atomic mass is 35.5. The summed E-state index contributed by atoms with van der Waals surface area (Å²) in [5, 5.41) is 8.60. The van der Waals surface area contributed by atoms with Crippen LogP contribution in [-0.2, 0) is 6.54 Å². The summed E-state index contributed by atoms with van der Waals surface area (Å²) in [5.41, 5.74) is 1.12. The van der Waals surface area contributed by atoms with Gasteiger partial charge in [-0.3, -0.25) is 9.48 Å². The molecule has 0 amide bonds. The summed E-state index contributed by atoms with van der Waals surface area (Å²) in [7, 11) is 3.94. The molecule has 0 spiro atoms. The average Bonchev–Trinajstić information content (AvgIpc) is 3.02. The van der Waals surface area contributed by atoms with Crippen LogP contribution in [0, 0.1) is 0 Å². The number of aromatic nitrogens is 4. The Morgan fingerprint density at radius 3 is 2.81 bits per heavy atom. The Kier molecular flexibility index (Phi) is 5.08. The van der Waals surface area contributed by atoms with Gasteiger partial charge in [0, 0.05) is 6.54 Å². The highest BCUT2D eigenvalue weighted by Crippen LogP contribution is 2.26. The van der Waals surface area contributed by atoms with Crippen molar-refractivity contribution < 1.29 is 4.79 Å². The fourth-order valence-electron chi connectivity index (χ4n) is 1.89. The van der Waals surface area contributed by atoms with Crippen molar-refractivity contribution in [1.29, 1.82) is 0 Å². The summed E-state index contributed by atoms with van der Waals surface area (Å²) in [6, 6.07) is 0. The van der Waals surface area contributed by atoms with Crippen molar-refractivity contribution in [2.24, 2.45) is 0 Å². The normalized spacial score (nSPS) is 11.6. The van der Waals surface area contributed by atoms with Gasteiger partial charge in [-0.15, -0.1) is 5.10 Å². The quantitative estimate of drug-likeness (QED) is 0.762. The highest BCUT2D eigenvalue weighted by Gasteiger charge is 2.25. The predicted molar refractivity (Wildman–Crippen MR) is 83.2 cm³/mol. The first-order valence-corrected chi connectivity index (χ1v) is 7.80. The van der Waals surface area contributed by atoms with E-state index in [0.717, 1.165) is 18.1 Å². The molecule has 2 aromatic heterocycles. The summed E-state index contributed by atoms with van der Waals surface area (Å²) in [6.07, 6.45) is 1.51. The number of carbonyl (C=O) groups is 1. The molecule has 2 aromatic rings. The molecule has 6 nitrogen and oxygen atoms in total. The molecule has 21 heavy (non-hydrogen) atoms. The summed E-state index contributed by atoms with van der Waals surface area (Å²) in [4.78, 5) is 15.3. The molecule has 8 heteroatoms. The van der Waals surface area contributed by atoms with Gasteiger partial charge in [0.15, 0.2) is 0 Å². The number of likely N-dealkylation sites (N-methyl/N-ethyl adjacent to an activating group) is 1. The summed E-state index contributed by atoms with van der Waals surface area (Å²) < 4.78 is 5.55. The van der Waals surface area contributed by atoms with Crippen molar-refractivity contribution in [3.05, 3.63) is 27.5 Å². The van der Waals surface area contributed by atoms with Gasteiger partial charge in [-0.25, -0.2) is 0 Å². The lowest BCUT2D eigenvalue weighted by Crippen LogP contribution is -2.22. The van der Waals surface area contributed by atoms with Gasteiger partial charge in [-0.1, -0.05) is 29.9 Å². The molecule has 0 radical (unpaired) electrons. The maximum Gasteiger partial charge on any atom is 0.226 e. The molecule has 0 aliphatic carbocycles. The average molecular weight is 328 g/mol. The fourth-order valence-corrected chi connectivity index (χ4v) is 2.88. The molecular formula is C13H18ClN5OS. The second-order valence-electron chi connectivity index (χ2n) is 5.34. The van der Waals surface area contributed by atoms with E-state index < -0.39 is 0 Å². The van der Waals surface area contributed by atoms with Crippen LogP contribution in [0.3, 0.4) is 0 Å². The van der Waals surface area contributed by atoms with E-state index in [4.69, 9.17) is 11.6 Å². The van der Waals surface area contributed by atoms with Crippen LogP contribution in [0.2, 0.25) is 5.02 Å². The van der Waals surface area contributed by atoms with Crippen LogP contribution >= 0.6 is 23.1 Å². The molecule has 2 rings (SSSR count). The third-order valence-electron chi connectivity index (χ3n) is 3.04. The first kappa shape index (κ1) is 16.1. The zero-order valence-electron chi connectivity index (χ0n) is 12.5. The van der Waals surface area contributed by atoms with Crippen molar-refractivity contribution in [1.82, 2.24) is 24.3 Å². The third kappa shape index (κ3) is 3.48. The minimum atomic E-state index is -0.157. The van der Waals surface area contributed by atoms with E-state index in [9.17, 15) is 4.79 Å². The molecule has 0 atom stereocenters. The van der Waals surface area contributed by atoms with Crippen LogP contribution in [-0.4, -0.2) is 50.7 Å². The SMILES string of the molecule is CC(C)c1nnsc1C(=O)c1c(Cl)cnn1CCN(C)C. The Morgan fingerprint density at radius 1 is 1.48 bits per heavy atom. The van der Waals surface area contributed by atoms with E-state index in [2.05, 4.69) is 14.7 Å². The number of halogens is 1. The number of nitrogens with zero attached hydrogens (tertiary/aromatic N) is 5. The van der Waals surface area contributed by atoms with Crippen molar-refractivity contribution in [3.63, 3.8) is 0 Å². The van der Waals surface area contributed by atoms with Gasteiger partial charge < -0.3 is 4.90 Å². The van der Waals surface area contributed by atoms with Crippen molar-refractivity contribution in [2.75, 3.05) is 20.6 Å². The van der Waals surface area contributed by atoms with Gasteiger partial charge in [0.2, 0.25) is 5.78 Å². The standard InChI is InChI=1S/C13H18ClN5OS/c1-8(2)10-13(21-17-16-10)12(20)11-9(14)7-15-19(11)6-5-18(3)4/h7-8H,5-6H2,1-4H3. The van der Waals surface area contributed by atoms with E-state index in [0.29, 0.717) is 27.8 Å². The Morgan fingerprint density at radius 2 is 2.19 bits per heavy atom. The Balaban J connectivity index is 2.34. The smallest absolute Gasteiger partial charge is 0.226 e. The Labute approximate surface area is 132 Å². The monoisotopic (exact) mass is 327 g/mol. The Hall–Kier alpha value is -1.31. The van der Waals surface area contributed by atoms with Gasteiger partial charge in [-0.2, -0.15) is 5.10 Å². The van der Waals surface area contributed by atoms with E-state index >= 15 is 0 Å². The predicted octanol–water partition coefficient (Wildman–Crippen LogP) is 2.30. The first-order valence-electron chi connectivity index (χ1n) is 6.64. The lowest BCUT2D eigenvalue weighted by Gasteiger charge is -2.11. The van der Waals surface area contributed by atoms with E-state index in [-0.39, 0.29) is 11.7 Å². The van der Waals surface area contributed by atoms with Crippen LogP contribution in [0.5, 0.6) is 0 Å². The number of carbonyl (C=O) groups excluding carboxylic acids is 1. The minimum Gasteiger partial charge on any atom is -0.308 e. The maximum atomic E-state index is 12.8. The number of hydrogen-bond acceptors (Lipinski definition) is 6. The lowest BCUT2D eigenvalue weighted by molar-refractivity contribution is 0.103. The van der Waals surface area contributed by atoms with Crippen molar-refractivity contribution in [3.8, 4) is 0 Å². The zero-order chi connectivity index (χ0) is 15.6. The zero-order valence-corrected chi connectivity index (χ0v) is 14.1. The largest absolute Gasteiger partial charge is 0.308 e. The number of rotatable bonds is 6. The Bertz CT molecular complexity index is 634. The van der Waals surface area contributed by atoms with Crippen LogP contribution in [0.25, 0.3) is 0 Å². The van der Waals surface area contributed by atoms with Gasteiger partial charge in [0.25, 0.3) is 0 Å². The van der Waals surface area contributed by atoms with Gasteiger partial charge in [0.1, 0.15) is 10.6 Å². The summed E-state index contributed by atoms with van der Waals surface area (Å²) >= 11 is 7.26. The molecule has 0 saturated carbocycles. The molecule has 2 heterocycles. The van der Waals surface area contributed by atoms with Crippen LogP contribution < -0.4 is 0 Å². The molecule has 0 unspecified atom stereocenters. The molecule has 114 valence electrons. The van der Waals surface area contributed by atoms with Gasteiger partial charge in [-0.05, 0) is 31.5 Å². The topological polar surface area (TPSA) is 63.9 Å². The molecule has 0 N–H and O–H groups in total. The molecule has 0 aromatic carbocycles. The van der Waals surface area contributed by atoms with Crippen LogP contribution in [0.1, 0.15) is 40.8 Å². The molecule has 0 bridgehead atoms. The van der Waals surface area contributed by atoms with E-state index in [1.807, 2.05) is 32.8 Å².